The van der Waals surface area contributed by atoms with Crippen LogP contribution in [0.5, 0.6) is 0 Å². The molecule has 3 aliphatic heterocycles. The van der Waals surface area contributed by atoms with Crippen molar-refractivity contribution in [2.24, 2.45) is 5.41 Å². The normalized spacial score (nSPS) is 30.9. The fourth-order valence-corrected chi connectivity index (χ4v) is 2.64. The molecule has 3 heterocycles. The molecular formula is C17H30O6. The number of hydrogen-bond donors (Lipinski definition) is 0. The van der Waals surface area contributed by atoms with E-state index in [9.17, 15) is 0 Å². The summed E-state index contributed by atoms with van der Waals surface area (Å²) in [5.74, 6) is 0. The third-order valence-electron chi connectivity index (χ3n) is 4.68. The van der Waals surface area contributed by atoms with Crippen molar-refractivity contribution >= 4 is 0 Å². The minimum atomic E-state index is 0.0588. The highest BCUT2D eigenvalue weighted by Crippen LogP contribution is 2.30. The van der Waals surface area contributed by atoms with Gasteiger partial charge in [0.15, 0.2) is 0 Å². The first-order valence-corrected chi connectivity index (χ1v) is 8.88. The fourth-order valence-electron chi connectivity index (χ4n) is 2.64. The average molecular weight is 330 g/mol. The molecule has 0 N–H and O–H groups in total. The first-order valence-electron chi connectivity index (χ1n) is 8.88. The van der Waals surface area contributed by atoms with Crippen molar-refractivity contribution in [1.29, 1.82) is 0 Å². The van der Waals surface area contributed by atoms with Crippen molar-refractivity contribution in [2.75, 3.05) is 59.5 Å². The highest BCUT2D eigenvalue weighted by atomic mass is 16.6. The van der Waals surface area contributed by atoms with Crippen LogP contribution in [0.15, 0.2) is 0 Å². The van der Waals surface area contributed by atoms with Gasteiger partial charge in [0.25, 0.3) is 0 Å². The highest BCUT2D eigenvalue weighted by Gasteiger charge is 2.32. The van der Waals surface area contributed by atoms with E-state index < -0.39 is 0 Å². The summed E-state index contributed by atoms with van der Waals surface area (Å²) < 4.78 is 33.0. The Kier molecular flexibility index (Phi) is 6.68. The minimum absolute atomic E-state index is 0.0588. The first kappa shape index (κ1) is 17.6. The Bertz CT molecular complexity index is 320. The van der Waals surface area contributed by atoms with Gasteiger partial charge in [-0.25, -0.2) is 0 Å². The lowest BCUT2D eigenvalue weighted by Gasteiger charge is -2.32. The van der Waals surface area contributed by atoms with Crippen LogP contribution >= 0.6 is 0 Å². The van der Waals surface area contributed by atoms with Crippen LogP contribution in [-0.2, 0) is 28.4 Å². The monoisotopic (exact) mass is 330 g/mol. The van der Waals surface area contributed by atoms with E-state index in [0.717, 1.165) is 65.5 Å². The Morgan fingerprint density at radius 2 is 1.30 bits per heavy atom. The lowest BCUT2D eigenvalue weighted by Crippen LogP contribution is -2.33. The van der Waals surface area contributed by atoms with Gasteiger partial charge >= 0.3 is 0 Å². The molecule has 0 spiro atoms. The fraction of sp³-hybridized carbons (Fsp3) is 1.00. The Morgan fingerprint density at radius 1 is 0.826 bits per heavy atom. The minimum Gasteiger partial charge on any atom is -0.379 e. The number of rotatable bonds is 15. The molecule has 3 saturated heterocycles. The molecule has 0 saturated carbocycles. The van der Waals surface area contributed by atoms with E-state index in [1.54, 1.807) is 0 Å². The number of ether oxygens (including phenoxy) is 6. The molecule has 0 aliphatic carbocycles. The topological polar surface area (TPSA) is 65.3 Å². The van der Waals surface area contributed by atoms with Crippen molar-refractivity contribution in [2.45, 2.75) is 44.5 Å². The number of hydrogen-bond acceptors (Lipinski definition) is 6. The summed E-state index contributed by atoms with van der Waals surface area (Å²) in [6, 6.07) is 0. The van der Waals surface area contributed by atoms with Gasteiger partial charge in [0.2, 0.25) is 0 Å². The van der Waals surface area contributed by atoms with Gasteiger partial charge in [-0.2, -0.15) is 0 Å². The second kappa shape index (κ2) is 8.74. The van der Waals surface area contributed by atoms with E-state index in [4.69, 9.17) is 28.4 Å². The van der Waals surface area contributed by atoms with Crippen LogP contribution in [0.2, 0.25) is 0 Å². The zero-order valence-corrected chi connectivity index (χ0v) is 14.2. The molecule has 3 rings (SSSR count). The van der Waals surface area contributed by atoms with Crippen molar-refractivity contribution in [1.82, 2.24) is 0 Å². The smallest absolute Gasteiger partial charge is 0.104 e. The zero-order valence-electron chi connectivity index (χ0n) is 14.2. The first-order chi connectivity index (χ1) is 11.3. The van der Waals surface area contributed by atoms with E-state index >= 15 is 0 Å². The van der Waals surface area contributed by atoms with Gasteiger partial charge in [-0.05, 0) is 19.3 Å². The average Bonchev–Trinajstić information content (AvgIpc) is 3.36. The van der Waals surface area contributed by atoms with Gasteiger partial charge in [0.1, 0.15) is 18.3 Å². The second-order valence-electron chi connectivity index (χ2n) is 6.93. The summed E-state index contributed by atoms with van der Waals surface area (Å²) in [7, 11) is 0. The van der Waals surface area contributed by atoms with Gasteiger partial charge in [-0.15, -0.1) is 0 Å². The molecule has 23 heavy (non-hydrogen) atoms. The van der Waals surface area contributed by atoms with Crippen LogP contribution in [0.25, 0.3) is 0 Å². The maximum absolute atomic E-state index is 5.90. The Hall–Kier alpha value is -0.240. The SMILES string of the molecule is CCC(CCCOCC1CO1)(COCC1CO1)COCC1CO1. The van der Waals surface area contributed by atoms with E-state index in [0.29, 0.717) is 31.5 Å². The molecule has 0 aromatic carbocycles. The third-order valence-corrected chi connectivity index (χ3v) is 4.68. The third kappa shape index (κ3) is 7.03. The van der Waals surface area contributed by atoms with Gasteiger partial charge in [0, 0.05) is 12.0 Å². The highest BCUT2D eigenvalue weighted by molar-refractivity contribution is 4.80. The lowest BCUT2D eigenvalue weighted by atomic mass is 9.82. The summed E-state index contributed by atoms with van der Waals surface area (Å²) in [6.45, 7) is 9.09. The molecule has 6 nitrogen and oxygen atoms in total. The van der Waals surface area contributed by atoms with E-state index in [1.807, 2.05) is 0 Å². The van der Waals surface area contributed by atoms with Crippen molar-refractivity contribution < 1.29 is 28.4 Å². The van der Waals surface area contributed by atoms with Crippen molar-refractivity contribution in [3.8, 4) is 0 Å². The van der Waals surface area contributed by atoms with E-state index in [-0.39, 0.29) is 5.41 Å². The predicted octanol–water partition coefficient (Wildman–Crippen LogP) is 1.41. The largest absolute Gasteiger partial charge is 0.379 e. The molecule has 0 amide bonds. The molecule has 3 aliphatic rings. The van der Waals surface area contributed by atoms with Gasteiger partial charge < -0.3 is 28.4 Å². The summed E-state index contributed by atoms with van der Waals surface area (Å²) in [6.07, 6.45) is 4.07. The van der Waals surface area contributed by atoms with Crippen LogP contribution in [0.1, 0.15) is 26.2 Å². The van der Waals surface area contributed by atoms with Gasteiger partial charge in [-0.3, -0.25) is 0 Å². The van der Waals surface area contributed by atoms with Crippen LogP contribution in [0, 0.1) is 5.41 Å². The van der Waals surface area contributed by atoms with Crippen LogP contribution < -0.4 is 0 Å². The molecule has 3 fully saturated rings. The Morgan fingerprint density at radius 3 is 1.74 bits per heavy atom. The van der Waals surface area contributed by atoms with E-state index in [2.05, 4.69) is 6.92 Å². The van der Waals surface area contributed by atoms with Crippen LogP contribution in [0.3, 0.4) is 0 Å². The zero-order chi connectivity index (χ0) is 16.0. The van der Waals surface area contributed by atoms with E-state index in [1.165, 1.54) is 0 Å². The quantitative estimate of drug-likeness (QED) is 0.334. The molecule has 0 aromatic heterocycles. The van der Waals surface area contributed by atoms with Crippen molar-refractivity contribution in [3.05, 3.63) is 0 Å². The van der Waals surface area contributed by atoms with Crippen molar-refractivity contribution in [3.63, 3.8) is 0 Å². The molecule has 0 radical (unpaired) electrons. The molecule has 3 unspecified atom stereocenters. The maximum atomic E-state index is 5.90. The van der Waals surface area contributed by atoms with Gasteiger partial charge in [0.05, 0.1) is 52.9 Å². The lowest BCUT2D eigenvalue weighted by molar-refractivity contribution is -0.0394. The molecule has 6 heteroatoms. The Balaban J connectivity index is 1.36. The Labute approximate surface area is 138 Å². The van der Waals surface area contributed by atoms with Crippen LogP contribution in [-0.4, -0.2) is 77.8 Å². The standard InChI is InChI=1S/C17H30O6/c1-2-17(12-19-7-15-10-22-15,13-20-8-16-11-23-16)4-3-5-18-6-14-9-21-14/h14-16H,2-13H2,1H3. The van der Waals surface area contributed by atoms with Crippen LogP contribution in [0.4, 0.5) is 0 Å². The second-order valence-corrected chi connectivity index (χ2v) is 6.93. The molecule has 134 valence electrons. The predicted molar refractivity (Wildman–Crippen MR) is 83.6 cm³/mol. The molecule has 3 atom stereocenters. The molecule has 0 bridgehead atoms. The summed E-state index contributed by atoms with van der Waals surface area (Å²) in [5.41, 5.74) is 0.0588. The molecule has 0 aromatic rings. The maximum Gasteiger partial charge on any atom is 0.104 e. The summed E-state index contributed by atoms with van der Waals surface area (Å²) in [5, 5.41) is 0. The van der Waals surface area contributed by atoms with Gasteiger partial charge in [-0.1, -0.05) is 6.92 Å². The number of epoxide rings is 3. The summed E-state index contributed by atoms with van der Waals surface area (Å²) >= 11 is 0. The summed E-state index contributed by atoms with van der Waals surface area (Å²) in [4.78, 5) is 0. The molecular weight excluding hydrogens is 300 g/mol.